The van der Waals surface area contributed by atoms with Crippen molar-refractivity contribution in [2.75, 3.05) is 0 Å². The molecule has 0 N–H and O–H groups in total. The summed E-state index contributed by atoms with van der Waals surface area (Å²) in [6, 6.07) is 21.1. The zero-order valence-corrected chi connectivity index (χ0v) is 15.9. The summed E-state index contributed by atoms with van der Waals surface area (Å²) in [6.45, 7) is 3.99. The molecule has 0 amide bonds. The van der Waals surface area contributed by atoms with E-state index in [1.54, 1.807) is 13.0 Å². The number of carbonyl (C=O) groups excluding carboxylic acids is 1. The summed E-state index contributed by atoms with van der Waals surface area (Å²) in [7, 11) is 0. The van der Waals surface area contributed by atoms with Crippen LogP contribution in [0.15, 0.2) is 72.8 Å². The second-order valence-corrected chi connectivity index (χ2v) is 7.11. The predicted molar refractivity (Wildman–Crippen MR) is 110 cm³/mol. The Labute approximate surface area is 158 Å². The van der Waals surface area contributed by atoms with Gasteiger partial charge in [-0.1, -0.05) is 79.3 Å². The van der Waals surface area contributed by atoms with Crippen molar-refractivity contribution in [3.63, 3.8) is 0 Å². The lowest BCUT2D eigenvalue weighted by Gasteiger charge is -2.05. The molecule has 0 unspecified atom stereocenters. The Bertz CT molecular complexity index is 887. The largest absolute Gasteiger partial charge is 0.412 e. The quantitative estimate of drug-likeness (QED) is 0.369. The predicted octanol–water partition coefficient (Wildman–Crippen LogP) is 6.52. The number of hydrogen-bond acceptors (Lipinski definition) is 3. The van der Waals surface area contributed by atoms with Crippen LogP contribution in [-0.2, 0) is 11.2 Å². The van der Waals surface area contributed by atoms with Crippen LogP contribution in [0.1, 0.15) is 25.8 Å². The van der Waals surface area contributed by atoms with Gasteiger partial charge in [-0.3, -0.25) is 0 Å². The second kappa shape index (κ2) is 8.63. The number of allylic oxidation sites excluding steroid dienone is 1. The molecule has 3 heteroatoms. The third-order valence-corrected chi connectivity index (χ3v) is 5.09. The zero-order chi connectivity index (χ0) is 18.4. The first-order valence-electron chi connectivity index (χ1n) is 8.83. The van der Waals surface area contributed by atoms with Crippen molar-refractivity contribution in [3.05, 3.63) is 78.4 Å². The van der Waals surface area contributed by atoms with Gasteiger partial charge in [-0.15, -0.1) is 0 Å². The van der Waals surface area contributed by atoms with Crippen LogP contribution in [0, 0.1) is 0 Å². The summed E-state index contributed by atoms with van der Waals surface area (Å²) in [4.78, 5) is 12.6. The van der Waals surface area contributed by atoms with E-state index in [1.807, 2.05) is 12.1 Å². The molecule has 0 aliphatic rings. The number of thiophene rings is 1. The van der Waals surface area contributed by atoms with Gasteiger partial charge in [0.15, 0.2) is 5.06 Å². The number of rotatable bonds is 6. The number of carbonyl (C=O) groups is 1. The lowest BCUT2D eigenvalue weighted by atomic mass is 10.0. The molecule has 132 valence electrons. The fourth-order valence-electron chi connectivity index (χ4n) is 2.78. The highest BCUT2D eigenvalue weighted by atomic mass is 32.1. The minimum Gasteiger partial charge on any atom is -0.412 e. The number of aryl methyl sites for hydroxylation is 1. The van der Waals surface area contributed by atoms with Crippen molar-refractivity contribution in [3.8, 4) is 26.6 Å². The molecule has 0 fully saturated rings. The van der Waals surface area contributed by atoms with E-state index in [0.29, 0.717) is 5.06 Å². The summed E-state index contributed by atoms with van der Waals surface area (Å²) >= 11 is 1.47. The van der Waals surface area contributed by atoms with Crippen molar-refractivity contribution < 1.29 is 9.53 Å². The van der Waals surface area contributed by atoms with Crippen LogP contribution in [0.2, 0.25) is 0 Å². The summed E-state index contributed by atoms with van der Waals surface area (Å²) in [5.41, 5.74) is 4.93. The van der Waals surface area contributed by atoms with Crippen LogP contribution in [-0.4, -0.2) is 5.97 Å². The average Bonchev–Trinajstić information content (AvgIpc) is 3.11. The molecule has 0 radical (unpaired) electrons. The molecule has 2 aromatic carbocycles. The maximum Gasteiger partial charge on any atom is 0.336 e. The van der Waals surface area contributed by atoms with Crippen molar-refractivity contribution in [1.29, 1.82) is 0 Å². The van der Waals surface area contributed by atoms with E-state index in [0.717, 1.165) is 16.9 Å². The van der Waals surface area contributed by atoms with E-state index in [4.69, 9.17) is 4.74 Å². The SMILES string of the molecule is C/C=C/C(=O)Oc1ccc(-c2ccc(-c3ccc(CCC)cc3)cc2)s1. The van der Waals surface area contributed by atoms with Gasteiger partial charge in [0, 0.05) is 11.0 Å². The highest BCUT2D eigenvalue weighted by molar-refractivity contribution is 7.17. The molecule has 26 heavy (non-hydrogen) atoms. The minimum absolute atomic E-state index is 0.345. The molecule has 3 rings (SSSR count). The fourth-order valence-corrected chi connectivity index (χ4v) is 3.65. The van der Waals surface area contributed by atoms with Gasteiger partial charge in [0.1, 0.15) is 0 Å². The van der Waals surface area contributed by atoms with Crippen LogP contribution >= 0.6 is 11.3 Å². The lowest BCUT2D eigenvalue weighted by molar-refractivity contribution is -0.128. The molecule has 1 heterocycles. The zero-order valence-electron chi connectivity index (χ0n) is 15.1. The number of esters is 1. The molecular formula is C23H22O2S. The van der Waals surface area contributed by atoms with Crippen molar-refractivity contribution in [1.82, 2.24) is 0 Å². The Balaban J connectivity index is 1.73. The third kappa shape index (κ3) is 4.50. The first-order chi connectivity index (χ1) is 12.7. The first kappa shape index (κ1) is 18.2. The fraction of sp³-hybridized carbons (Fsp3) is 0.174. The van der Waals surface area contributed by atoms with Crippen molar-refractivity contribution >= 4 is 17.3 Å². The normalized spacial score (nSPS) is 11.0. The lowest BCUT2D eigenvalue weighted by Crippen LogP contribution is -2.01. The van der Waals surface area contributed by atoms with Crippen LogP contribution in [0.4, 0.5) is 0 Å². The summed E-state index contributed by atoms with van der Waals surface area (Å²) in [5.74, 6) is -0.345. The number of ether oxygens (including phenoxy) is 1. The molecule has 0 aliphatic carbocycles. The Morgan fingerprint density at radius 2 is 1.54 bits per heavy atom. The molecule has 0 bridgehead atoms. The highest BCUT2D eigenvalue weighted by Gasteiger charge is 2.07. The standard InChI is InChI=1S/C23H22O2S/c1-3-5-17-7-9-18(10-8-17)19-11-13-20(14-12-19)21-15-16-23(26-21)25-22(24)6-4-2/h4,6-16H,3,5H2,1-2H3/b6-4+. The van der Waals surface area contributed by atoms with Gasteiger partial charge in [-0.25, -0.2) is 4.79 Å². The molecule has 0 saturated carbocycles. The topological polar surface area (TPSA) is 26.3 Å². The smallest absolute Gasteiger partial charge is 0.336 e. The number of hydrogen-bond donors (Lipinski definition) is 0. The van der Waals surface area contributed by atoms with Gasteiger partial charge >= 0.3 is 5.97 Å². The van der Waals surface area contributed by atoms with E-state index in [1.165, 1.54) is 40.5 Å². The molecule has 0 saturated heterocycles. The van der Waals surface area contributed by atoms with Crippen molar-refractivity contribution in [2.24, 2.45) is 0 Å². The van der Waals surface area contributed by atoms with Crippen LogP contribution in [0.3, 0.4) is 0 Å². The first-order valence-corrected chi connectivity index (χ1v) is 9.65. The Morgan fingerprint density at radius 3 is 2.15 bits per heavy atom. The monoisotopic (exact) mass is 362 g/mol. The van der Waals surface area contributed by atoms with E-state index >= 15 is 0 Å². The van der Waals surface area contributed by atoms with E-state index < -0.39 is 0 Å². The summed E-state index contributed by atoms with van der Waals surface area (Å²) in [5, 5.41) is 0.610. The molecule has 3 aromatic rings. The van der Waals surface area contributed by atoms with E-state index in [2.05, 4.69) is 55.5 Å². The molecule has 0 atom stereocenters. The van der Waals surface area contributed by atoms with E-state index in [-0.39, 0.29) is 5.97 Å². The second-order valence-electron chi connectivity index (χ2n) is 6.06. The molecule has 2 nitrogen and oxygen atoms in total. The molecular weight excluding hydrogens is 340 g/mol. The van der Waals surface area contributed by atoms with Gasteiger partial charge in [0.2, 0.25) is 0 Å². The van der Waals surface area contributed by atoms with E-state index in [9.17, 15) is 4.79 Å². The van der Waals surface area contributed by atoms with Crippen molar-refractivity contribution in [2.45, 2.75) is 26.7 Å². The van der Waals surface area contributed by atoms with Gasteiger partial charge < -0.3 is 4.74 Å². The van der Waals surface area contributed by atoms with Crippen LogP contribution in [0.25, 0.3) is 21.6 Å². The third-order valence-electron chi connectivity index (χ3n) is 4.08. The van der Waals surface area contributed by atoms with Gasteiger partial charge in [-0.2, -0.15) is 0 Å². The average molecular weight is 362 g/mol. The Hall–Kier alpha value is -2.65. The summed E-state index contributed by atoms with van der Waals surface area (Å²) < 4.78 is 5.27. The maximum atomic E-state index is 11.5. The maximum absolute atomic E-state index is 11.5. The highest BCUT2D eigenvalue weighted by Crippen LogP contribution is 2.34. The van der Waals surface area contributed by atoms with Gasteiger partial charge in [0.05, 0.1) is 0 Å². The Kier molecular flexibility index (Phi) is 6.03. The minimum atomic E-state index is -0.345. The van der Waals surface area contributed by atoms with Crippen LogP contribution < -0.4 is 4.74 Å². The van der Waals surface area contributed by atoms with Crippen LogP contribution in [0.5, 0.6) is 5.06 Å². The summed E-state index contributed by atoms with van der Waals surface area (Å²) in [6.07, 6.45) is 5.38. The van der Waals surface area contributed by atoms with Gasteiger partial charge in [-0.05, 0) is 47.7 Å². The van der Waals surface area contributed by atoms with Gasteiger partial charge in [0.25, 0.3) is 0 Å². The molecule has 1 aromatic heterocycles. The Morgan fingerprint density at radius 1 is 0.923 bits per heavy atom. The molecule has 0 aliphatic heterocycles. The molecule has 0 spiro atoms. The number of benzene rings is 2.